The Kier molecular flexibility index (Phi) is 3.92. The van der Waals surface area contributed by atoms with Gasteiger partial charge >= 0.3 is 0 Å². The second-order valence-electron chi connectivity index (χ2n) is 5.38. The molecule has 1 heterocycles. The monoisotopic (exact) mass is 302 g/mol. The quantitative estimate of drug-likeness (QED) is 0.922. The Bertz CT molecular complexity index is 662. The maximum Gasteiger partial charge on any atom is 0.263 e. The lowest BCUT2D eigenvalue weighted by atomic mass is 10.2. The van der Waals surface area contributed by atoms with Gasteiger partial charge in [-0.05, 0) is 44.4 Å². The summed E-state index contributed by atoms with van der Waals surface area (Å²) >= 11 is 1.41. The first kappa shape index (κ1) is 14.1. The minimum atomic E-state index is -0.00527. The number of hydrogen-bond donors (Lipinski definition) is 1. The molecule has 4 nitrogen and oxygen atoms in total. The molecule has 2 aromatic rings. The van der Waals surface area contributed by atoms with Gasteiger partial charge in [-0.2, -0.15) is 0 Å². The standard InChI is InChI=1S/C16H18N2O2S/c1-10-4-3-5-13(8-10)20-9-14-17-11(2)15(21-14)16(19)18-12-6-7-12/h3-5,8,12H,6-7,9H2,1-2H3,(H,18,19). The summed E-state index contributed by atoms with van der Waals surface area (Å²) in [4.78, 5) is 17.2. The highest BCUT2D eigenvalue weighted by Gasteiger charge is 2.25. The molecule has 1 aliphatic rings. The van der Waals surface area contributed by atoms with Gasteiger partial charge in [0.05, 0.1) is 5.69 Å². The molecule has 1 saturated carbocycles. The first-order valence-electron chi connectivity index (χ1n) is 7.08. The van der Waals surface area contributed by atoms with Crippen molar-refractivity contribution in [3.63, 3.8) is 0 Å². The predicted octanol–water partition coefficient (Wildman–Crippen LogP) is 3.23. The number of aryl methyl sites for hydroxylation is 2. The molecule has 1 amide bonds. The topological polar surface area (TPSA) is 51.2 Å². The van der Waals surface area contributed by atoms with Crippen molar-refractivity contribution >= 4 is 17.2 Å². The third-order valence-corrected chi connectivity index (χ3v) is 4.44. The summed E-state index contributed by atoms with van der Waals surface area (Å²) in [5, 5.41) is 3.82. The van der Waals surface area contributed by atoms with Gasteiger partial charge in [-0.3, -0.25) is 4.79 Å². The Labute approximate surface area is 128 Å². The Morgan fingerprint density at radius 2 is 2.24 bits per heavy atom. The Hall–Kier alpha value is -1.88. The van der Waals surface area contributed by atoms with Gasteiger partial charge in [0.15, 0.2) is 0 Å². The number of ether oxygens (including phenoxy) is 1. The van der Waals surface area contributed by atoms with Gasteiger partial charge in [0.2, 0.25) is 0 Å². The van der Waals surface area contributed by atoms with Gasteiger partial charge in [0.1, 0.15) is 22.2 Å². The molecule has 110 valence electrons. The van der Waals surface area contributed by atoms with Gasteiger partial charge < -0.3 is 10.1 Å². The lowest BCUT2D eigenvalue weighted by Crippen LogP contribution is -2.25. The number of aromatic nitrogens is 1. The summed E-state index contributed by atoms with van der Waals surface area (Å²) in [5.41, 5.74) is 1.94. The van der Waals surface area contributed by atoms with E-state index in [-0.39, 0.29) is 5.91 Å². The summed E-state index contributed by atoms with van der Waals surface area (Å²) < 4.78 is 5.73. The largest absolute Gasteiger partial charge is 0.486 e. The number of benzene rings is 1. The molecule has 21 heavy (non-hydrogen) atoms. The molecule has 0 spiro atoms. The van der Waals surface area contributed by atoms with Crippen LogP contribution in [0.3, 0.4) is 0 Å². The second-order valence-corrected chi connectivity index (χ2v) is 6.46. The van der Waals surface area contributed by atoms with Crippen LogP contribution in [0.25, 0.3) is 0 Å². The maximum atomic E-state index is 12.1. The van der Waals surface area contributed by atoms with Crippen molar-refractivity contribution in [3.05, 3.63) is 45.4 Å². The number of carbonyl (C=O) groups excluding carboxylic acids is 1. The smallest absolute Gasteiger partial charge is 0.263 e. The molecule has 1 aromatic heterocycles. The number of nitrogens with one attached hydrogen (secondary N) is 1. The van der Waals surface area contributed by atoms with Crippen molar-refractivity contribution in [2.45, 2.75) is 39.3 Å². The average Bonchev–Trinajstić information content (AvgIpc) is 3.17. The van der Waals surface area contributed by atoms with Crippen molar-refractivity contribution in [3.8, 4) is 5.75 Å². The third kappa shape index (κ3) is 3.61. The van der Waals surface area contributed by atoms with E-state index in [0.29, 0.717) is 17.5 Å². The van der Waals surface area contributed by atoms with Gasteiger partial charge in [-0.15, -0.1) is 11.3 Å². The fourth-order valence-corrected chi connectivity index (χ4v) is 2.93. The minimum absolute atomic E-state index is 0.00527. The van der Waals surface area contributed by atoms with E-state index in [1.165, 1.54) is 11.3 Å². The minimum Gasteiger partial charge on any atom is -0.486 e. The van der Waals surface area contributed by atoms with Crippen LogP contribution in [0.1, 0.15) is 38.8 Å². The molecule has 0 bridgehead atoms. The predicted molar refractivity (Wildman–Crippen MR) is 82.9 cm³/mol. The summed E-state index contributed by atoms with van der Waals surface area (Å²) in [6.07, 6.45) is 2.18. The van der Waals surface area contributed by atoms with E-state index in [1.807, 2.05) is 38.1 Å². The van der Waals surface area contributed by atoms with E-state index in [2.05, 4.69) is 10.3 Å². The lowest BCUT2D eigenvalue weighted by Gasteiger charge is -2.04. The van der Waals surface area contributed by atoms with Crippen LogP contribution < -0.4 is 10.1 Å². The zero-order valence-electron chi connectivity index (χ0n) is 12.2. The average molecular weight is 302 g/mol. The van der Waals surface area contributed by atoms with E-state index in [0.717, 1.165) is 34.9 Å². The highest BCUT2D eigenvalue weighted by atomic mass is 32.1. The van der Waals surface area contributed by atoms with Crippen molar-refractivity contribution in [2.24, 2.45) is 0 Å². The fraction of sp³-hybridized carbons (Fsp3) is 0.375. The van der Waals surface area contributed by atoms with Crippen LogP contribution in [0, 0.1) is 13.8 Å². The van der Waals surface area contributed by atoms with E-state index in [9.17, 15) is 4.79 Å². The first-order chi connectivity index (χ1) is 10.1. The molecular formula is C16H18N2O2S. The van der Waals surface area contributed by atoms with Gasteiger partial charge in [-0.1, -0.05) is 12.1 Å². The number of rotatable bonds is 5. The third-order valence-electron chi connectivity index (χ3n) is 3.31. The Morgan fingerprint density at radius 1 is 1.43 bits per heavy atom. The highest BCUT2D eigenvalue weighted by molar-refractivity contribution is 7.13. The number of amides is 1. The SMILES string of the molecule is Cc1cccc(OCc2nc(C)c(C(=O)NC3CC3)s2)c1. The molecule has 0 radical (unpaired) electrons. The van der Waals surface area contributed by atoms with Crippen molar-refractivity contribution in [1.29, 1.82) is 0 Å². The summed E-state index contributed by atoms with van der Waals surface area (Å²) in [6.45, 7) is 4.29. The number of carbonyl (C=O) groups is 1. The highest BCUT2D eigenvalue weighted by Crippen LogP contribution is 2.23. The molecule has 1 aromatic carbocycles. The summed E-state index contributed by atoms with van der Waals surface area (Å²) in [7, 11) is 0. The molecule has 0 saturated heterocycles. The number of nitrogens with zero attached hydrogens (tertiary/aromatic N) is 1. The van der Waals surface area contributed by atoms with Crippen LogP contribution in [0.15, 0.2) is 24.3 Å². The molecule has 1 N–H and O–H groups in total. The summed E-state index contributed by atoms with van der Waals surface area (Å²) in [6, 6.07) is 8.27. The molecule has 0 aliphatic heterocycles. The van der Waals surface area contributed by atoms with E-state index in [1.54, 1.807) is 0 Å². The van der Waals surface area contributed by atoms with Crippen molar-refractivity contribution < 1.29 is 9.53 Å². The van der Waals surface area contributed by atoms with Crippen LogP contribution in [0.2, 0.25) is 0 Å². The Morgan fingerprint density at radius 3 is 2.95 bits per heavy atom. The lowest BCUT2D eigenvalue weighted by molar-refractivity contribution is 0.0954. The molecule has 3 rings (SSSR count). The van der Waals surface area contributed by atoms with E-state index >= 15 is 0 Å². The van der Waals surface area contributed by atoms with Crippen LogP contribution in [-0.4, -0.2) is 16.9 Å². The van der Waals surface area contributed by atoms with Crippen LogP contribution in [0.4, 0.5) is 0 Å². The number of thiazole rings is 1. The zero-order valence-corrected chi connectivity index (χ0v) is 13.0. The van der Waals surface area contributed by atoms with Crippen LogP contribution >= 0.6 is 11.3 Å². The zero-order chi connectivity index (χ0) is 14.8. The molecule has 1 fully saturated rings. The summed E-state index contributed by atoms with van der Waals surface area (Å²) in [5.74, 6) is 0.821. The molecule has 0 atom stereocenters. The normalized spacial score (nSPS) is 14.0. The molecular weight excluding hydrogens is 284 g/mol. The van der Waals surface area contributed by atoms with Crippen LogP contribution in [0.5, 0.6) is 5.75 Å². The van der Waals surface area contributed by atoms with Gasteiger partial charge in [0.25, 0.3) is 5.91 Å². The first-order valence-corrected chi connectivity index (χ1v) is 7.90. The van der Waals surface area contributed by atoms with E-state index in [4.69, 9.17) is 4.74 Å². The van der Waals surface area contributed by atoms with Crippen molar-refractivity contribution in [2.75, 3.05) is 0 Å². The second kappa shape index (κ2) is 5.85. The van der Waals surface area contributed by atoms with Crippen molar-refractivity contribution in [1.82, 2.24) is 10.3 Å². The molecule has 0 unspecified atom stereocenters. The Balaban J connectivity index is 1.64. The maximum absolute atomic E-state index is 12.1. The van der Waals surface area contributed by atoms with Crippen LogP contribution in [-0.2, 0) is 6.61 Å². The van der Waals surface area contributed by atoms with E-state index < -0.39 is 0 Å². The van der Waals surface area contributed by atoms with Gasteiger partial charge in [0, 0.05) is 6.04 Å². The fourth-order valence-electron chi connectivity index (χ4n) is 2.05. The van der Waals surface area contributed by atoms with Gasteiger partial charge in [-0.25, -0.2) is 4.98 Å². The molecule has 5 heteroatoms. The number of hydrogen-bond acceptors (Lipinski definition) is 4. The molecule has 1 aliphatic carbocycles.